The summed E-state index contributed by atoms with van der Waals surface area (Å²) in [7, 11) is 0. The second-order valence-corrected chi connectivity index (χ2v) is 7.78. The Morgan fingerprint density at radius 1 is 1.32 bits per heavy atom. The van der Waals surface area contributed by atoms with Gasteiger partial charge >= 0.3 is 0 Å². The molecular formula is C15H28N6O3S. The van der Waals surface area contributed by atoms with Crippen molar-refractivity contribution in [1.82, 2.24) is 20.4 Å². The monoisotopic (exact) mass is 372 g/mol. The van der Waals surface area contributed by atoms with Crippen LogP contribution in [0.15, 0.2) is 9.98 Å². The fourth-order valence-electron chi connectivity index (χ4n) is 3.30. The zero-order valence-electron chi connectivity index (χ0n) is 14.5. The first-order valence-electron chi connectivity index (χ1n) is 8.80. The molecule has 3 aliphatic rings. The molecule has 0 saturated carbocycles. The molecule has 0 aliphatic carbocycles. The Morgan fingerprint density at radius 3 is 2.72 bits per heavy atom. The zero-order chi connectivity index (χ0) is 17.8. The lowest BCUT2D eigenvalue weighted by Crippen LogP contribution is -2.57. The van der Waals surface area contributed by atoms with E-state index in [9.17, 15) is 10.2 Å². The van der Waals surface area contributed by atoms with Gasteiger partial charge in [0.1, 0.15) is 12.0 Å². The van der Waals surface area contributed by atoms with Crippen molar-refractivity contribution in [3.8, 4) is 0 Å². The standard InChI is InChI=1S/C15H28N6O3S/c1-10-17-12(19-15-16-9-11(25-15)14(23)24)8-13(18-10)21-4-2-20(3-5-21)6-7-22/h10-12,14,17,22-24H,2-9H2,1H3,(H,16,19)/t10-,11?,12?/m0/s1. The molecule has 5 N–H and O–H groups in total. The molecule has 10 heteroatoms. The van der Waals surface area contributed by atoms with Crippen molar-refractivity contribution in [2.75, 3.05) is 45.9 Å². The van der Waals surface area contributed by atoms with Gasteiger partial charge in [0, 0.05) is 39.1 Å². The van der Waals surface area contributed by atoms with Crippen LogP contribution in [-0.2, 0) is 0 Å². The molecule has 0 aromatic rings. The van der Waals surface area contributed by atoms with Gasteiger partial charge in [-0.2, -0.15) is 0 Å². The van der Waals surface area contributed by atoms with Gasteiger partial charge in [0.05, 0.1) is 24.6 Å². The first kappa shape index (κ1) is 18.9. The largest absolute Gasteiger partial charge is 0.395 e. The number of piperazine rings is 1. The molecule has 3 atom stereocenters. The molecule has 3 aliphatic heterocycles. The van der Waals surface area contributed by atoms with Crippen LogP contribution < -0.4 is 10.6 Å². The van der Waals surface area contributed by atoms with E-state index >= 15 is 0 Å². The topological polar surface area (TPSA) is 116 Å². The number of thioether (sulfide) groups is 1. The number of β-amino-alcohol motifs (C(OH)–C–C–N with tert-alkyl or cyclic N) is 1. The number of nitrogens with zero attached hydrogens (tertiary/aromatic N) is 4. The van der Waals surface area contributed by atoms with Crippen LogP contribution in [0.4, 0.5) is 0 Å². The molecule has 2 unspecified atom stereocenters. The number of aliphatic imine (C=N–C) groups is 2. The smallest absolute Gasteiger partial charge is 0.165 e. The van der Waals surface area contributed by atoms with Crippen LogP contribution in [0.5, 0.6) is 0 Å². The predicted molar refractivity (Wildman–Crippen MR) is 98.6 cm³/mol. The van der Waals surface area contributed by atoms with E-state index in [1.807, 2.05) is 6.92 Å². The van der Waals surface area contributed by atoms with E-state index in [2.05, 4.69) is 25.4 Å². The van der Waals surface area contributed by atoms with E-state index in [-0.39, 0.29) is 24.2 Å². The van der Waals surface area contributed by atoms with E-state index in [0.717, 1.165) is 50.1 Å². The molecule has 0 amide bonds. The molecule has 9 nitrogen and oxygen atoms in total. The molecule has 3 rings (SSSR count). The average Bonchev–Trinajstić information content (AvgIpc) is 3.04. The average molecular weight is 372 g/mol. The van der Waals surface area contributed by atoms with Gasteiger partial charge in [-0.15, -0.1) is 0 Å². The van der Waals surface area contributed by atoms with E-state index in [4.69, 9.17) is 10.1 Å². The molecule has 0 spiro atoms. The summed E-state index contributed by atoms with van der Waals surface area (Å²) in [6.07, 6.45) is -0.545. The Balaban J connectivity index is 1.52. The Morgan fingerprint density at radius 2 is 2.08 bits per heavy atom. The van der Waals surface area contributed by atoms with Crippen LogP contribution in [0, 0.1) is 0 Å². The van der Waals surface area contributed by atoms with Gasteiger partial charge in [0.2, 0.25) is 0 Å². The zero-order valence-corrected chi connectivity index (χ0v) is 15.3. The fourth-order valence-corrected chi connectivity index (χ4v) is 4.21. The summed E-state index contributed by atoms with van der Waals surface area (Å²) in [5, 5.41) is 34.8. The van der Waals surface area contributed by atoms with Gasteiger partial charge in [-0.05, 0) is 6.92 Å². The summed E-state index contributed by atoms with van der Waals surface area (Å²) < 4.78 is 0. The van der Waals surface area contributed by atoms with Crippen molar-refractivity contribution < 1.29 is 15.3 Å². The van der Waals surface area contributed by atoms with E-state index < -0.39 is 6.29 Å². The summed E-state index contributed by atoms with van der Waals surface area (Å²) in [4.78, 5) is 13.7. The van der Waals surface area contributed by atoms with Crippen LogP contribution >= 0.6 is 11.8 Å². The van der Waals surface area contributed by atoms with Crippen LogP contribution in [0.3, 0.4) is 0 Å². The van der Waals surface area contributed by atoms with Gasteiger partial charge in [0.15, 0.2) is 11.5 Å². The number of amidine groups is 2. The Kier molecular flexibility index (Phi) is 6.53. The molecule has 0 bridgehead atoms. The normalized spacial score (nSPS) is 31.2. The second kappa shape index (κ2) is 8.65. The number of hydrogen-bond donors (Lipinski definition) is 5. The molecule has 0 aromatic heterocycles. The van der Waals surface area contributed by atoms with Crippen LogP contribution in [0.25, 0.3) is 0 Å². The first-order valence-corrected chi connectivity index (χ1v) is 9.68. The lowest BCUT2D eigenvalue weighted by atomic mass is 10.2. The maximum Gasteiger partial charge on any atom is 0.165 e. The molecule has 1 fully saturated rings. The van der Waals surface area contributed by atoms with Crippen LogP contribution in [0.1, 0.15) is 13.3 Å². The molecule has 0 aromatic carbocycles. The highest BCUT2D eigenvalue weighted by atomic mass is 32.2. The molecule has 0 radical (unpaired) electrons. The lowest BCUT2D eigenvalue weighted by Gasteiger charge is -2.39. The van der Waals surface area contributed by atoms with E-state index in [1.165, 1.54) is 11.8 Å². The van der Waals surface area contributed by atoms with E-state index in [1.54, 1.807) is 0 Å². The summed E-state index contributed by atoms with van der Waals surface area (Å²) in [5.41, 5.74) is 0. The van der Waals surface area contributed by atoms with Crippen molar-refractivity contribution in [3.63, 3.8) is 0 Å². The Bertz CT molecular complexity index is 509. The maximum atomic E-state index is 9.26. The molecule has 142 valence electrons. The number of rotatable bonds is 4. The maximum absolute atomic E-state index is 9.26. The van der Waals surface area contributed by atoms with Gasteiger partial charge in [0.25, 0.3) is 0 Å². The second-order valence-electron chi connectivity index (χ2n) is 6.56. The molecule has 3 heterocycles. The summed E-state index contributed by atoms with van der Waals surface area (Å²) in [6.45, 7) is 7.12. The van der Waals surface area contributed by atoms with Crippen molar-refractivity contribution in [2.24, 2.45) is 9.98 Å². The molecular weight excluding hydrogens is 344 g/mol. The van der Waals surface area contributed by atoms with Gasteiger partial charge in [-0.3, -0.25) is 20.2 Å². The lowest BCUT2D eigenvalue weighted by molar-refractivity contribution is -0.0375. The summed E-state index contributed by atoms with van der Waals surface area (Å²) >= 11 is 1.37. The predicted octanol–water partition coefficient (Wildman–Crippen LogP) is -1.97. The van der Waals surface area contributed by atoms with Crippen molar-refractivity contribution in [3.05, 3.63) is 0 Å². The Labute approximate surface area is 152 Å². The van der Waals surface area contributed by atoms with E-state index in [0.29, 0.717) is 6.54 Å². The third-order valence-corrected chi connectivity index (χ3v) is 5.80. The minimum absolute atomic E-state index is 0.0166. The Hall–Kier alpha value is -0.910. The van der Waals surface area contributed by atoms with Crippen molar-refractivity contribution in [2.45, 2.75) is 37.2 Å². The third kappa shape index (κ3) is 5.05. The summed E-state index contributed by atoms with van der Waals surface area (Å²) in [6, 6.07) is 0. The van der Waals surface area contributed by atoms with Crippen molar-refractivity contribution in [1.29, 1.82) is 0 Å². The minimum atomic E-state index is -1.35. The summed E-state index contributed by atoms with van der Waals surface area (Å²) in [5.74, 6) is 1.09. The number of aliphatic hydroxyl groups is 3. The molecule has 1 saturated heterocycles. The SMILES string of the molecule is C[C@@H]1N=C(N2CCN(CCO)CC2)CC(NC2=NCC(C(O)O)S2)N1. The number of nitrogens with one attached hydrogen (secondary N) is 2. The third-order valence-electron chi connectivity index (χ3n) is 4.63. The van der Waals surface area contributed by atoms with Gasteiger partial charge < -0.3 is 25.5 Å². The van der Waals surface area contributed by atoms with Crippen LogP contribution in [-0.4, -0.2) is 106 Å². The van der Waals surface area contributed by atoms with Crippen LogP contribution in [0.2, 0.25) is 0 Å². The number of hydrogen-bond acceptors (Lipinski definition) is 10. The molecule has 25 heavy (non-hydrogen) atoms. The highest BCUT2D eigenvalue weighted by Crippen LogP contribution is 2.22. The van der Waals surface area contributed by atoms with Gasteiger partial charge in [-0.25, -0.2) is 0 Å². The van der Waals surface area contributed by atoms with Gasteiger partial charge in [-0.1, -0.05) is 11.8 Å². The minimum Gasteiger partial charge on any atom is -0.395 e. The first-order chi connectivity index (χ1) is 12.0. The highest BCUT2D eigenvalue weighted by molar-refractivity contribution is 8.14. The quantitative estimate of drug-likeness (QED) is 0.361. The van der Waals surface area contributed by atoms with Crippen molar-refractivity contribution >= 4 is 22.8 Å². The fraction of sp³-hybridized carbons (Fsp3) is 0.867. The number of aliphatic hydroxyl groups excluding tert-OH is 2. The highest BCUT2D eigenvalue weighted by Gasteiger charge is 2.30.